The molecule has 1 saturated carbocycles. The molecule has 0 aromatic rings. The van der Waals surface area contributed by atoms with Gasteiger partial charge in [-0.25, -0.2) is 8.78 Å². The fraction of sp³-hybridized carbons (Fsp3) is 1.00. The second-order valence-corrected chi connectivity index (χ2v) is 4.00. The lowest BCUT2D eigenvalue weighted by Crippen LogP contribution is -2.62. The van der Waals surface area contributed by atoms with Gasteiger partial charge < -0.3 is 10.5 Å². The minimum Gasteiger partial charge on any atom is -0.381 e. The maximum absolute atomic E-state index is 12.6. The number of hydrogen-bond acceptors (Lipinski definition) is 2. The summed E-state index contributed by atoms with van der Waals surface area (Å²) in [5.41, 5.74) is 5.18. The summed E-state index contributed by atoms with van der Waals surface area (Å²) in [5.74, 6) is -2.37. The van der Waals surface area contributed by atoms with E-state index in [1.807, 2.05) is 0 Å². The van der Waals surface area contributed by atoms with Gasteiger partial charge in [0.05, 0.1) is 6.61 Å². The van der Waals surface area contributed by atoms with Gasteiger partial charge in [-0.05, 0) is 6.42 Å². The van der Waals surface area contributed by atoms with Crippen LogP contribution in [0.5, 0.6) is 0 Å². The van der Waals surface area contributed by atoms with Crippen molar-refractivity contribution in [1.29, 1.82) is 0 Å². The van der Waals surface area contributed by atoms with Crippen molar-refractivity contribution >= 4 is 0 Å². The minimum atomic E-state index is -2.52. The number of ether oxygens (including phenoxy) is 1. The van der Waals surface area contributed by atoms with Crippen LogP contribution in [-0.4, -0.2) is 24.7 Å². The van der Waals surface area contributed by atoms with Crippen LogP contribution in [0, 0.1) is 5.92 Å². The molecule has 4 heteroatoms. The Hall–Kier alpha value is -0.220. The van der Waals surface area contributed by atoms with E-state index in [0.29, 0.717) is 13.2 Å². The molecule has 1 heterocycles. The van der Waals surface area contributed by atoms with E-state index in [1.165, 1.54) is 0 Å². The van der Waals surface area contributed by atoms with Gasteiger partial charge in [-0.2, -0.15) is 0 Å². The van der Waals surface area contributed by atoms with Gasteiger partial charge in [0.1, 0.15) is 0 Å². The van der Waals surface area contributed by atoms with Crippen LogP contribution in [0.2, 0.25) is 0 Å². The molecule has 2 N–H and O–H groups in total. The summed E-state index contributed by atoms with van der Waals surface area (Å²) in [5, 5.41) is 0. The molecule has 0 radical (unpaired) electrons. The van der Waals surface area contributed by atoms with Crippen molar-refractivity contribution in [2.24, 2.45) is 11.7 Å². The van der Waals surface area contributed by atoms with E-state index in [1.54, 1.807) is 0 Å². The summed E-state index contributed by atoms with van der Waals surface area (Å²) in [6.45, 7) is 1.24. The average Bonchev–Trinajstić information content (AvgIpc) is 2.31. The second-order valence-electron chi connectivity index (χ2n) is 4.00. The number of nitrogens with two attached hydrogens (primary N) is 1. The van der Waals surface area contributed by atoms with Crippen molar-refractivity contribution in [2.45, 2.75) is 30.7 Å². The van der Waals surface area contributed by atoms with Crippen LogP contribution in [0.4, 0.5) is 8.78 Å². The third-order valence-electron chi connectivity index (χ3n) is 2.92. The van der Waals surface area contributed by atoms with Crippen LogP contribution >= 0.6 is 0 Å². The Balaban J connectivity index is 1.96. The van der Waals surface area contributed by atoms with Crippen molar-refractivity contribution in [3.63, 3.8) is 0 Å². The summed E-state index contributed by atoms with van der Waals surface area (Å²) in [7, 11) is 0. The molecule has 1 saturated heterocycles. The zero-order valence-electron chi connectivity index (χ0n) is 6.85. The highest BCUT2D eigenvalue weighted by molar-refractivity contribution is 5.07. The first-order valence-electron chi connectivity index (χ1n) is 4.26. The van der Waals surface area contributed by atoms with E-state index in [0.717, 1.165) is 6.42 Å². The molecule has 12 heavy (non-hydrogen) atoms. The topological polar surface area (TPSA) is 35.2 Å². The quantitative estimate of drug-likeness (QED) is 0.652. The highest BCUT2D eigenvalue weighted by Crippen LogP contribution is 2.49. The molecule has 2 nitrogen and oxygen atoms in total. The fourth-order valence-corrected chi connectivity index (χ4v) is 2.19. The number of halogens is 2. The summed E-state index contributed by atoms with van der Waals surface area (Å²) < 4.78 is 30.3. The standard InChI is InChI=1S/C8H13F2NO/c9-8(10)4-7(11,5-8)6-1-2-12-3-6/h6H,1-5,11H2. The molecule has 70 valence electrons. The van der Waals surface area contributed by atoms with Crippen molar-refractivity contribution in [3.05, 3.63) is 0 Å². The molecule has 0 amide bonds. The molecular formula is C8H13F2NO. The van der Waals surface area contributed by atoms with Gasteiger partial charge in [0, 0.05) is 30.9 Å². The lowest BCUT2D eigenvalue weighted by atomic mass is 9.66. The first kappa shape index (κ1) is 8.38. The molecule has 2 fully saturated rings. The molecule has 2 aliphatic rings. The molecule has 1 aliphatic carbocycles. The lowest BCUT2D eigenvalue weighted by Gasteiger charge is -2.47. The van der Waals surface area contributed by atoms with Crippen molar-refractivity contribution in [3.8, 4) is 0 Å². The number of hydrogen-bond donors (Lipinski definition) is 1. The molecule has 1 aliphatic heterocycles. The van der Waals surface area contributed by atoms with Gasteiger partial charge in [-0.1, -0.05) is 0 Å². The van der Waals surface area contributed by atoms with E-state index in [2.05, 4.69) is 0 Å². The molecule has 1 unspecified atom stereocenters. The smallest absolute Gasteiger partial charge is 0.251 e. The van der Waals surface area contributed by atoms with Gasteiger partial charge in [-0.15, -0.1) is 0 Å². The molecule has 0 bridgehead atoms. The Morgan fingerprint density at radius 1 is 1.33 bits per heavy atom. The van der Waals surface area contributed by atoms with Gasteiger partial charge in [0.2, 0.25) is 0 Å². The van der Waals surface area contributed by atoms with Crippen molar-refractivity contribution < 1.29 is 13.5 Å². The summed E-state index contributed by atoms with van der Waals surface area (Å²) in [6.07, 6.45) is 0.522. The van der Waals surface area contributed by atoms with E-state index < -0.39 is 11.5 Å². The lowest BCUT2D eigenvalue weighted by molar-refractivity contribution is -0.139. The Bertz CT molecular complexity index is 181. The predicted octanol–water partition coefficient (Wildman–Crippen LogP) is 1.15. The van der Waals surface area contributed by atoms with Crippen LogP contribution in [0.3, 0.4) is 0 Å². The highest BCUT2D eigenvalue weighted by Gasteiger charge is 2.58. The molecule has 0 aromatic carbocycles. The Labute approximate surface area is 70.1 Å². The van der Waals surface area contributed by atoms with Crippen LogP contribution in [0.25, 0.3) is 0 Å². The van der Waals surface area contributed by atoms with E-state index >= 15 is 0 Å². The zero-order valence-corrected chi connectivity index (χ0v) is 6.85. The maximum atomic E-state index is 12.6. The van der Waals surface area contributed by atoms with Crippen LogP contribution in [0.1, 0.15) is 19.3 Å². The molecule has 0 aromatic heterocycles. The third-order valence-corrected chi connectivity index (χ3v) is 2.92. The zero-order chi connectivity index (χ0) is 8.82. The summed E-state index contributed by atoms with van der Waals surface area (Å²) in [6, 6.07) is 0. The molecular weight excluding hydrogens is 164 g/mol. The third kappa shape index (κ3) is 1.23. The largest absolute Gasteiger partial charge is 0.381 e. The second kappa shape index (κ2) is 2.39. The van der Waals surface area contributed by atoms with Crippen molar-refractivity contribution in [1.82, 2.24) is 0 Å². The minimum absolute atomic E-state index is 0.150. The Morgan fingerprint density at radius 2 is 2.00 bits per heavy atom. The SMILES string of the molecule is NC1(C2CCOC2)CC(F)(F)C1. The molecule has 1 atom stereocenters. The first-order valence-corrected chi connectivity index (χ1v) is 4.26. The Morgan fingerprint density at radius 3 is 2.42 bits per heavy atom. The van der Waals surface area contributed by atoms with Gasteiger partial charge >= 0.3 is 0 Å². The summed E-state index contributed by atoms with van der Waals surface area (Å²) in [4.78, 5) is 0. The van der Waals surface area contributed by atoms with Crippen LogP contribution < -0.4 is 5.73 Å². The number of rotatable bonds is 1. The first-order chi connectivity index (χ1) is 5.52. The van der Waals surface area contributed by atoms with E-state index in [4.69, 9.17) is 10.5 Å². The number of alkyl halides is 2. The monoisotopic (exact) mass is 177 g/mol. The Kier molecular flexibility index (Phi) is 1.67. The highest BCUT2D eigenvalue weighted by atomic mass is 19.3. The van der Waals surface area contributed by atoms with Crippen molar-refractivity contribution in [2.75, 3.05) is 13.2 Å². The normalized spacial score (nSPS) is 37.8. The van der Waals surface area contributed by atoms with E-state index in [-0.39, 0.29) is 18.8 Å². The predicted molar refractivity (Wildman–Crippen MR) is 40.0 cm³/mol. The average molecular weight is 177 g/mol. The van der Waals surface area contributed by atoms with Gasteiger partial charge in [-0.3, -0.25) is 0 Å². The van der Waals surface area contributed by atoms with Crippen LogP contribution in [0.15, 0.2) is 0 Å². The molecule has 2 rings (SSSR count). The van der Waals surface area contributed by atoms with Gasteiger partial charge in [0.25, 0.3) is 5.92 Å². The summed E-state index contributed by atoms with van der Waals surface area (Å²) >= 11 is 0. The fourth-order valence-electron chi connectivity index (χ4n) is 2.19. The van der Waals surface area contributed by atoms with Crippen LogP contribution in [-0.2, 0) is 4.74 Å². The molecule has 0 spiro atoms. The maximum Gasteiger partial charge on any atom is 0.251 e. The van der Waals surface area contributed by atoms with E-state index in [9.17, 15) is 8.78 Å². The van der Waals surface area contributed by atoms with Gasteiger partial charge in [0.15, 0.2) is 0 Å².